The lowest BCUT2D eigenvalue weighted by Crippen LogP contribution is -2.15. The van der Waals surface area contributed by atoms with Crippen LogP contribution in [0.2, 0.25) is 0 Å². The summed E-state index contributed by atoms with van der Waals surface area (Å²) < 4.78 is 2.19. The van der Waals surface area contributed by atoms with Crippen molar-refractivity contribution in [3.05, 3.63) is 63.5 Å². The van der Waals surface area contributed by atoms with Crippen molar-refractivity contribution < 1.29 is 4.92 Å². The van der Waals surface area contributed by atoms with Crippen LogP contribution in [0.4, 0.5) is 5.69 Å². The van der Waals surface area contributed by atoms with Gasteiger partial charge in [-0.1, -0.05) is 12.1 Å². The Hall–Kier alpha value is -2.14. The van der Waals surface area contributed by atoms with E-state index < -0.39 is 0 Å². The molecular weight excluding hydrogens is 266 g/mol. The van der Waals surface area contributed by atoms with Crippen LogP contribution in [0.1, 0.15) is 35.6 Å². The molecular formula is C16H19N3O2. The zero-order valence-corrected chi connectivity index (χ0v) is 11.9. The summed E-state index contributed by atoms with van der Waals surface area (Å²) in [6.07, 6.45) is 8.57. The third-order valence-corrected chi connectivity index (χ3v) is 4.16. The number of aryl methyl sites for hydroxylation is 3. The molecule has 3 rings (SSSR count). The molecule has 5 heteroatoms. The first kappa shape index (κ1) is 13.8. The van der Waals surface area contributed by atoms with Crippen molar-refractivity contribution in [3.63, 3.8) is 0 Å². The second-order valence-corrected chi connectivity index (χ2v) is 5.65. The van der Waals surface area contributed by atoms with E-state index in [1.54, 1.807) is 12.1 Å². The molecule has 1 aromatic heterocycles. The number of rotatable bonds is 4. The second-order valence-electron chi connectivity index (χ2n) is 5.65. The van der Waals surface area contributed by atoms with Crippen molar-refractivity contribution in [1.29, 1.82) is 0 Å². The number of non-ortho nitro benzene ring substituents is 1. The molecule has 0 saturated carbocycles. The van der Waals surface area contributed by atoms with Gasteiger partial charge >= 0.3 is 0 Å². The summed E-state index contributed by atoms with van der Waals surface area (Å²) in [4.78, 5) is 10.3. The van der Waals surface area contributed by atoms with Gasteiger partial charge in [0.05, 0.1) is 4.92 Å². The van der Waals surface area contributed by atoms with E-state index in [2.05, 4.69) is 17.0 Å². The molecule has 1 aromatic carbocycles. The molecule has 0 aliphatic heterocycles. The Balaban J connectivity index is 1.66. The summed E-state index contributed by atoms with van der Waals surface area (Å²) in [5.41, 5.74) is 10.0. The lowest BCUT2D eigenvalue weighted by molar-refractivity contribution is -0.384. The Labute approximate surface area is 123 Å². The largest absolute Gasteiger partial charge is 0.353 e. The van der Waals surface area contributed by atoms with Crippen molar-refractivity contribution in [2.45, 2.75) is 38.3 Å². The summed E-state index contributed by atoms with van der Waals surface area (Å²) in [7, 11) is 0. The molecule has 1 atom stereocenters. The highest BCUT2D eigenvalue weighted by Gasteiger charge is 2.18. The predicted octanol–water partition coefficient (Wildman–Crippen LogP) is 2.98. The van der Waals surface area contributed by atoms with Gasteiger partial charge in [0.1, 0.15) is 0 Å². The highest BCUT2D eigenvalue weighted by atomic mass is 16.6. The van der Waals surface area contributed by atoms with Crippen molar-refractivity contribution in [2.24, 2.45) is 5.73 Å². The lowest BCUT2D eigenvalue weighted by Gasteiger charge is -2.17. The van der Waals surface area contributed by atoms with Gasteiger partial charge < -0.3 is 10.3 Å². The van der Waals surface area contributed by atoms with Crippen molar-refractivity contribution >= 4 is 5.69 Å². The maximum atomic E-state index is 10.6. The van der Waals surface area contributed by atoms with Crippen LogP contribution in [0.3, 0.4) is 0 Å². The number of nitro benzene ring substituents is 1. The standard InChI is InChI=1S/C16H19N3O2/c17-16-3-1-2-13-10-18(11-15(13)16)9-8-12-4-6-14(7-5-12)19(20)21/h4-7,10-11,16H,1-3,8-9,17H2. The lowest BCUT2D eigenvalue weighted by atomic mass is 9.92. The maximum absolute atomic E-state index is 10.6. The van der Waals surface area contributed by atoms with Crippen molar-refractivity contribution in [3.8, 4) is 0 Å². The normalized spacial score (nSPS) is 17.5. The molecule has 0 amide bonds. The minimum atomic E-state index is -0.370. The van der Waals surface area contributed by atoms with E-state index in [0.717, 1.165) is 31.4 Å². The first-order valence-corrected chi connectivity index (χ1v) is 7.31. The number of benzene rings is 1. The van der Waals surface area contributed by atoms with E-state index in [0.29, 0.717) is 0 Å². The van der Waals surface area contributed by atoms with Gasteiger partial charge in [0, 0.05) is 37.1 Å². The van der Waals surface area contributed by atoms with Crippen LogP contribution < -0.4 is 5.73 Å². The summed E-state index contributed by atoms with van der Waals surface area (Å²) in [5.74, 6) is 0. The Morgan fingerprint density at radius 1 is 1.29 bits per heavy atom. The Kier molecular flexibility index (Phi) is 3.75. The van der Waals surface area contributed by atoms with Crippen LogP contribution in [0, 0.1) is 10.1 Å². The van der Waals surface area contributed by atoms with E-state index >= 15 is 0 Å². The van der Waals surface area contributed by atoms with Gasteiger partial charge in [-0.2, -0.15) is 0 Å². The number of aromatic nitrogens is 1. The van der Waals surface area contributed by atoms with E-state index in [9.17, 15) is 10.1 Å². The van der Waals surface area contributed by atoms with Gasteiger partial charge in [0.2, 0.25) is 0 Å². The van der Waals surface area contributed by atoms with Crippen LogP contribution >= 0.6 is 0 Å². The molecule has 0 saturated heterocycles. The molecule has 110 valence electrons. The fraction of sp³-hybridized carbons (Fsp3) is 0.375. The highest BCUT2D eigenvalue weighted by molar-refractivity contribution is 5.33. The monoisotopic (exact) mass is 285 g/mol. The molecule has 2 aromatic rings. The van der Waals surface area contributed by atoms with Crippen LogP contribution in [-0.2, 0) is 19.4 Å². The van der Waals surface area contributed by atoms with Gasteiger partial charge in [-0.15, -0.1) is 0 Å². The summed E-state index contributed by atoms with van der Waals surface area (Å²) in [6.45, 7) is 0.873. The van der Waals surface area contributed by atoms with E-state index in [1.807, 2.05) is 12.1 Å². The zero-order valence-electron chi connectivity index (χ0n) is 11.9. The summed E-state index contributed by atoms with van der Waals surface area (Å²) >= 11 is 0. The molecule has 1 heterocycles. The predicted molar refractivity (Wildman–Crippen MR) is 81.1 cm³/mol. The molecule has 0 radical (unpaired) electrons. The first-order valence-electron chi connectivity index (χ1n) is 7.31. The number of nitro groups is 1. The number of hydrogen-bond donors (Lipinski definition) is 1. The molecule has 2 N–H and O–H groups in total. The van der Waals surface area contributed by atoms with E-state index in [4.69, 9.17) is 5.73 Å². The molecule has 0 bridgehead atoms. The fourth-order valence-corrected chi connectivity index (χ4v) is 2.96. The molecule has 1 aliphatic rings. The molecule has 1 aliphatic carbocycles. The Bertz CT molecular complexity index is 646. The maximum Gasteiger partial charge on any atom is 0.269 e. The van der Waals surface area contributed by atoms with E-state index in [1.165, 1.54) is 17.5 Å². The van der Waals surface area contributed by atoms with Crippen LogP contribution in [0.25, 0.3) is 0 Å². The SMILES string of the molecule is NC1CCCc2cn(CCc3ccc([N+](=O)[O-])cc3)cc21. The third kappa shape index (κ3) is 2.97. The van der Waals surface area contributed by atoms with Crippen LogP contribution in [0.5, 0.6) is 0 Å². The van der Waals surface area contributed by atoms with Crippen molar-refractivity contribution in [1.82, 2.24) is 4.57 Å². The quantitative estimate of drug-likeness (QED) is 0.693. The second kappa shape index (κ2) is 5.69. The smallest absolute Gasteiger partial charge is 0.269 e. The minimum absolute atomic E-state index is 0.140. The van der Waals surface area contributed by atoms with Crippen LogP contribution in [0.15, 0.2) is 36.7 Å². The van der Waals surface area contributed by atoms with Gasteiger partial charge in [-0.05, 0) is 42.4 Å². The number of fused-ring (bicyclic) bond motifs is 1. The third-order valence-electron chi connectivity index (χ3n) is 4.16. The summed E-state index contributed by atoms with van der Waals surface area (Å²) in [6, 6.07) is 6.95. The zero-order chi connectivity index (χ0) is 14.8. The van der Waals surface area contributed by atoms with Gasteiger partial charge in [0.25, 0.3) is 5.69 Å². The fourth-order valence-electron chi connectivity index (χ4n) is 2.96. The molecule has 5 nitrogen and oxygen atoms in total. The van der Waals surface area contributed by atoms with Gasteiger partial charge in [0.15, 0.2) is 0 Å². The average molecular weight is 285 g/mol. The van der Waals surface area contributed by atoms with Gasteiger partial charge in [-0.3, -0.25) is 10.1 Å². The number of nitrogens with zero attached hydrogens (tertiary/aromatic N) is 2. The topological polar surface area (TPSA) is 74.1 Å². The summed E-state index contributed by atoms with van der Waals surface area (Å²) in [5, 5.41) is 10.6. The average Bonchev–Trinajstić information content (AvgIpc) is 2.90. The molecule has 21 heavy (non-hydrogen) atoms. The minimum Gasteiger partial charge on any atom is -0.353 e. The molecule has 0 spiro atoms. The molecule has 1 unspecified atom stereocenters. The number of nitrogens with two attached hydrogens (primary N) is 1. The van der Waals surface area contributed by atoms with Gasteiger partial charge in [-0.25, -0.2) is 0 Å². The Morgan fingerprint density at radius 3 is 2.71 bits per heavy atom. The van der Waals surface area contributed by atoms with E-state index in [-0.39, 0.29) is 16.7 Å². The number of hydrogen-bond acceptors (Lipinski definition) is 3. The Morgan fingerprint density at radius 2 is 2.05 bits per heavy atom. The van der Waals surface area contributed by atoms with Crippen LogP contribution in [-0.4, -0.2) is 9.49 Å². The molecule has 0 fully saturated rings. The first-order chi connectivity index (χ1) is 10.1. The van der Waals surface area contributed by atoms with Crippen molar-refractivity contribution in [2.75, 3.05) is 0 Å². The highest BCUT2D eigenvalue weighted by Crippen LogP contribution is 2.28.